The Bertz CT molecular complexity index is 420. The summed E-state index contributed by atoms with van der Waals surface area (Å²) in [7, 11) is -3.16. The molecule has 0 aliphatic carbocycles. The minimum absolute atomic E-state index is 0.0241. The summed E-state index contributed by atoms with van der Waals surface area (Å²) in [5.74, 6) is -0.163. The summed E-state index contributed by atoms with van der Waals surface area (Å²) in [6, 6.07) is 2.09. The van der Waals surface area contributed by atoms with E-state index in [0.29, 0.717) is 25.9 Å². The van der Waals surface area contributed by atoms with E-state index in [2.05, 4.69) is 11.4 Å². The van der Waals surface area contributed by atoms with Gasteiger partial charge in [-0.15, -0.1) is 0 Å². The van der Waals surface area contributed by atoms with E-state index in [4.69, 9.17) is 0 Å². The van der Waals surface area contributed by atoms with Crippen LogP contribution in [-0.4, -0.2) is 43.7 Å². The molecule has 90 valence electrons. The fourth-order valence-corrected chi connectivity index (χ4v) is 4.76. The molecular weight excluding hydrogens is 228 g/mol. The quantitative estimate of drug-likeness (QED) is 0.644. The summed E-state index contributed by atoms with van der Waals surface area (Å²) in [6.45, 7) is 1.28. The van der Waals surface area contributed by atoms with Crippen LogP contribution in [0.2, 0.25) is 0 Å². The Labute approximate surface area is 95.4 Å². The zero-order valence-electron chi connectivity index (χ0n) is 9.07. The summed E-state index contributed by atoms with van der Waals surface area (Å²) >= 11 is 0. The molecule has 5 nitrogen and oxygen atoms in total. The van der Waals surface area contributed by atoms with Crippen LogP contribution >= 0.6 is 0 Å². The van der Waals surface area contributed by atoms with Crippen molar-refractivity contribution in [3.8, 4) is 6.07 Å². The molecule has 16 heavy (non-hydrogen) atoms. The molecule has 2 rings (SSSR count). The van der Waals surface area contributed by atoms with Crippen molar-refractivity contribution in [2.75, 3.05) is 24.6 Å². The molecule has 2 heterocycles. The highest BCUT2D eigenvalue weighted by Gasteiger charge is 2.56. The molecule has 0 radical (unpaired) electrons. The molecule has 0 amide bonds. The molecule has 2 fully saturated rings. The smallest absolute Gasteiger partial charge is 0.152 e. The number of nitrogens with zero attached hydrogens (tertiary/aromatic N) is 1. The number of nitrogens with one attached hydrogen (secondary N) is 1. The molecule has 0 aromatic rings. The molecule has 0 saturated carbocycles. The van der Waals surface area contributed by atoms with Gasteiger partial charge in [0.25, 0.3) is 0 Å². The highest BCUT2D eigenvalue weighted by molar-refractivity contribution is 7.91. The monoisotopic (exact) mass is 244 g/mol. The molecule has 0 bridgehead atoms. The zero-order valence-corrected chi connectivity index (χ0v) is 9.89. The van der Waals surface area contributed by atoms with Crippen molar-refractivity contribution < 1.29 is 13.5 Å². The highest BCUT2D eigenvalue weighted by atomic mass is 32.2. The second-order valence-electron chi connectivity index (χ2n) is 4.82. The van der Waals surface area contributed by atoms with Gasteiger partial charge in [0.2, 0.25) is 0 Å². The minimum atomic E-state index is -3.16. The first-order chi connectivity index (χ1) is 7.43. The summed E-state index contributed by atoms with van der Waals surface area (Å²) < 4.78 is 23.0. The Balaban J connectivity index is 2.33. The number of rotatable bonds is 1. The number of piperidine rings is 1. The third kappa shape index (κ3) is 1.73. The van der Waals surface area contributed by atoms with Crippen LogP contribution in [0.5, 0.6) is 0 Å². The first-order valence-electron chi connectivity index (χ1n) is 5.48. The first-order valence-corrected chi connectivity index (χ1v) is 7.30. The van der Waals surface area contributed by atoms with Gasteiger partial charge in [0.1, 0.15) is 5.41 Å². The van der Waals surface area contributed by atoms with E-state index in [1.165, 1.54) is 0 Å². The summed E-state index contributed by atoms with van der Waals surface area (Å²) in [4.78, 5) is 0. The minimum Gasteiger partial charge on any atom is -0.388 e. The third-order valence-electron chi connectivity index (χ3n) is 3.84. The average molecular weight is 244 g/mol. The van der Waals surface area contributed by atoms with Gasteiger partial charge in [0.05, 0.1) is 23.2 Å². The maximum absolute atomic E-state index is 11.5. The van der Waals surface area contributed by atoms with Gasteiger partial charge in [-0.3, -0.25) is 0 Å². The van der Waals surface area contributed by atoms with E-state index < -0.39 is 20.9 Å². The number of hydrogen-bond acceptors (Lipinski definition) is 5. The van der Waals surface area contributed by atoms with E-state index >= 15 is 0 Å². The largest absolute Gasteiger partial charge is 0.388 e. The van der Waals surface area contributed by atoms with Gasteiger partial charge in [-0.25, -0.2) is 8.42 Å². The predicted molar refractivity (Wildman–Crippen MR) is 58.4 cm³/mol. The molecule has 6 heteroatoms. The molecule has 1 unspecified atom stereocenters. The molecule has 2 saturated heterocycles. The molecule has 0 aromatic carbocycles. The van der Waals surface area contributed by atoms with Crippen LogP contribution in [0.4, 0.5) is 0 Å². The lowest BCUT2D eigenvalue weighted by atomic mass is 9.68. The number of sulfone groups is 1. The summed E-state index contributed by atoms with van der Waals surface area (Å²) in [6.07, 6.45) is 1.18. The molecule has 2 N–H and O–H groups in total. The van der Waals surface area contributed by atoms with E-state index in [9.17, 15) is 18.8 Å². The van der Waals surface area contributed by atoms with Gasteiger partial charge < -0.3 is 10.4 Å². The molecule has 0 spiro atoms. The van der Waals surface area contributed by atoms with Crippen LogP contribution in [0, 0.1) is 16.7 Å². The second-order valence-corrected chi connectivity index (χ2v) is 7.00. The molecule has 2 aliphatic rings. The van der Waals surface area contributed by atoms with Crippen LogP contribution in [0.3, 0.4) is 0 Å². The van der Waals surface area contributed by atoms with Crippen LogP contribution < -0.4 is 5.32 Å². The van der Waals surface area contributed by atoms with Crippen molar-refractivity contribution >= 4 is 9.84 Å². The van der Waals surface area contributed by atoms with E-state index in [1.807, 2.05) is 0 Å². The van der Waals surface area contributed by atoms with E-state index in [1.54, 1.807) is 0 Å². The van der Waals surface area contributed by atoms with Crippen molar-refractivity contribution in [1.82, 2.24) is 5.32 Å². The Kier molecular flexibility index (Phi) is 2.73. The Morgan fingerprint density at radius 1 is 1.25 bits per heavy atom. The number of nitriles is 1. The van der Waals surface area contributed by atoms with Gasteiger partial charge >= 0.3 is 0 Å². The van der Waals surface area contributed by atoms with Gasteiger partial charge in [-0.2, -0.15) is 5.26 Å². The van der Waals surface area contributed by atoms with Gasteiger partial charge in [0.15, 0.2) is 9.84 Å². The SMILES string of the molecule is N#CC1(C2(O)CCNCC2)CCS(=O)(=O)C1. The Hall–Kier alpha value is -0.640. The predicted octanol–water partition coefficient (Wildman–Crippen LogP) is -0.571. The second kappa shape index (κ2) is 3.69. The van der Waals surface area contributed by atoms with Gasteiger partial charge in [0, 0.05) is 0 Å². The molecule has 1 atom stereocenters. The number of hydrogen-bond donors (Lipinski definition) is 2. The summed E-state index contributed by atoms with van der Waals surface area (Å²) in [5.41, 5.74) is -2.23. The average Bonchev–Trinajstić information content (AvgIpc) is 2.57. The van der Waals surface area contributed by atoms with Crippen molar-refractivity contribution in [2.45, 2.75) is 24.9 Å². The maximum atomic E-state index is 11.5. The first kappa shape index (κ1) is 11.8. The normalized spacial score (nSPS) is 36.8. The molecule has 2 aliphatic heterocycles. The van der Waals surface area contributed by atoms with Crippen molar-refractivity contribution in [3.63, 3.8) is 0 Å². The summed E-state index contributed by atoms with van der Waals surface area (Å²) in [5, 5.41) is 22.9. The lowest BCUT2D eigenvalue weighted by Gasteiger charge is -2.42. The van der Waals surface area contributed by atoms with Crippen LogP contribution in [0.15, 0.2) is 0 Å². The van der Waals surface area contributed by atoms with Crippen molar-refractivity contribution in [1.29, 1.82) is 5.26 Å². The highest BCUT2D eigenvalue weighted by Crippen LogP contribution is 2.45. The van der Waals surface area contributed by atoms with Crippen LogP contribution in [0.25, 0.3) is 0 Å². The Morgan fingerprint density at radius 3 is 2.31 bits per heavy atom. The maximum Gasteiger partial charge on any atom is 0.152 e. The Morgan fingerprint density at radius 2 is 1.88 bits per heavy atom. The number of aliphatic hydroxyl groups is 1. The van der Waals surface area contributed by atoms with Gasteiger partial charge in [-0.05, 0) is 32.4 Å². The van der Waals surface area contributed by atoms with Crippen LogP contribution in [-0.2, 0) is 9.84 Å². The van der Waals surface area contributed by atoms with E-state index in [-0.39, 0.29) is 17.9 Å². The lowest BCUT2D eigenvalue weighted by molar-refractivity contribution is -0.0665. The fraction of sp³-hybridized carbons (Fsp3) is 0.900. The lowest BCUT2D eigenvalue weighted by Crippen LogP contribution is -2.54. The molecule has 0 aromatic heterocycles. The molecular formula is C10H16N2O3S. The third-order valence-corrected chi connectivity index (χ3v) is 5.60. The van der Waals surface area contributed by atoms with Gasteiger partial charge in [-0.1, -0.05) is 0 Å². The zero-order chi connectivity index (χ0) is 11.9. The van der Waals surface area contributed by atoms with E-state index in [0.717, 1.165) is 0 Å². The van der Waals surface area contributed by atoms with Crippen molar-refractivity contribution in [2.24, 2.45) is 5.41 Å². The van der Waals surface area contributed by atoms with Crippen molar-refractivity contribution in [3.05, 3.63) is 0 Å². The standard InChI is InChI=1S/C10H16N2O3S/c11-7-9(3-6-16(14,15)8-9)10(13)1-4-12-5-2-10/h12-13H,1-6,8H2. The fourth-order valence-electron chi connectivity index (χ4n) is 2.73. The van der Waals surface area contributed by atoms with Crippen LogP contribution in [0.1, 0.15) is 19.3 Å². The topological polar surface area (TPSA) is 90.2 Å².